The number of fused-ring (bicyclic) bond motifs is 1. The molecule has 2 aromatic rings. The van der Waals surface area contributed by atoms with Gasteiger partial charge in [0.25, 0.3) is 0 Å². The Balaban J connectivity index is 1.89. The summed E-state index contributed by atoms with van der Waals surface area (Å²) in [5.74, 6) is -0.486. The molecule has 0 bridgehead atoms. The molecule has 0 radical (unpaired) electrons. The average Bonchev–Trinajstić information content (AvgIpc) is 2.92. The van der Waals surface area contributed by atoms with Crippen molar-refractivity contribution in [3.8, 4) is 5.75 Å². The van der Waals surface area contributed by atoms with Gasteiger partial charge in [-0.25, -0.2) is 13.2 Å². The third kappa shape index (κ3) is 3.12. The van der Waals surface area contributed by atoms with Gasteiger partial charge in [0.05, 0.1) is 23.7 Å². The molecule has 0 spiro atoms. The first-order valence-corrected chi connectivity index (χ1v) is 9.29. The van der Waals surface area contributed by atoms with Gasteiger partial charge in [0, 0.05) is 19.2 Å². The van der Waals surface area contributed by atoms with Gasteiger partial charge in [0.15, 0.2) is 5.69 Å². The van der Waals surface area contributed by atoms with Gasteiger partial charge in [0.2, 0.25) is 10.0 Å². The van der Waals surface area contributed by atoms with Crippen LogP contribution in [-0.4, -0.2) is 46.7 Å². The van der Waals surface area contributed by atoms with Crippen molar-refractivity contribution in [2.75, 3.05) is 13.2 Å². The van der Waals surface area contributed by atoms with Crippen LogP contribution in [0, 0.1) is 0 Å². The van der Waals surface area contributed by atoms with E-state index in [4.69, 9.17) is 4.74 Å². The zero-order valence-electron chi connectivity index (χ0n) is 14.0. The van der Waals surface area contributed by atoms with Crippen LogP contribution in [0.15, 0.2) is 29.2 Å². The molecule has 0 amide bonds. The molecule has 25 heavy (non-hydrogen) atoms. The Morgan fingerprint density at radius 2 is 2.00 bits per heavy atom. The van der Waals surface area contributed by atoms with Crippen LogP contribution in [0.5, 0.6) is 5.75 Å². The second kappa shape index (κ2) is 6.49. The number of rotatable bonds is 5. The van der Waals surface area contributed by atoms with Crippen molar-refractivity contribution < 1.29 is 23.1 Å². The number of benzene rings is 1. The Morgan fingerprint density at radius 1 is 1.32 bits per heavy atom. The van der Waals surface area contributed by atoms with Crippen LogP contribution in [0.3, 0.4) is 0 Å². The van der Waals surface area contributed by atoms with Crippen molar-refractivity contribution >= 4 is 16.0 Å². The van der Waals surface area contributed by atoms with E-state index >= 15 is 0 Å². The van der Waals surface area contributed by atoms with Gasteiger partial charge in [-0.1, -0.05) is 0 Å². The fourth-order valence-electron chi connectivity index (χ4n) is 2.95. The minimum Gasteiger partial charge on any atom is -0.494 e. The fourth-order valence-corrected chi connectivity index (χ4v) is 4.35. The average molecular weight is 365 g/mol. The van der Waals surface area contributed by atoms with Crippen LogP contribution in [0.25, 0.3) is 0 Å². The first-order chi connectivity index (χ1) is 11.8. The molecule has 9 heteroatoms. The molecule has 8 nitrogen and oxygen atoms in total. The number of carboxylic acid groups (broad SMARTS) is 1. The normalized spacial score (nSPS) is 15.0. The van der Waals surface area contributed by atoms with E-state index in [9.17, 15) is 18.3 Å². The summed E-state index contributed by atoms with van der Waals surface area (Å²) < 4.78 is 33.8. The first kappa shape index (κ1) is 17.4. The molecule has 1 aromatic carbocycles. The van der Waals surface area contributed by atoms with Gasteiger partial charge in [-0.15, -0.1) is 0 Å². The zero-order valence-corrected chi connectivity index (χ0v) is 14.8. The van der Waals surface area contributed by atoms with Crippen LogP contribution < -0.4 is 4.74 Å². The number of aryl methyl sites for hydroxylation is 1. The van der Waals surface area contributed by atoms with Crippen LogP contribution in [-0.2, 0) is 30.0 Å². The molecule has 0 unspecified atom stereocenters. The molecule has 1 aliphatic rings. The summed E-state index contributed by atoms with van der Waals surface area (Å²) in [5.41, 5.74) is 1.21. The van der Waals surface area contributed by atoms with E-state index in [0.717, 1.165) is 0 Å². The molecule has 2 heterocycles. The van der Waals surface area contributed by atoms with E-state index in [-0.39, 0.29) is 23.7 Å². The van der Waals surface area contributed by atoms with Crippen molar-refractivity contribution in [2.24, 2.45) is 7.05 Å². The molecule has 0 fully saturated rings. The van der Waals surface area contributed by atoms with Crippen molar-refractivity contribution in [3.05, 3.63) is 41.2 Å². The van der Waals surface area contributed by atoms with E-state index in [1.54, 1.807) is 19.2 Å². The lowest BCUT2D eigenvalue weighted by molar-refractivity contribution is 0.0688. The van der Waals surface area contributed by atoms with Crippen molar-refractivity contribution in [1.29, 1.82) is 0 Å². The third-order valence-electron chi connectivity index (χ3n) is 4.19. The largest absolute Gasteiger partial charge is 0.494 e. The van der Waals surface area contributed by atoms with Crippen molar-refractivity contribution in [3.63, 3.8) is 0 Å². The summed E-state index contributed by atoms with van der Waals surface area (Å²) in [6, 6.07) is 6.28. The molecule has 0 aliphatic carbocycles. The highest BCUT2D eigenvalue weighted by Crippen LogP contribution is 2.27. The van der Waals surface area contributed by atoms with E-state index in [0.29, 0.717) is 30.0 Å². The van der Waals surface area contributed by atoms with Crippen LogP contribution >= 0.6 is 0 Å². The predicted octanol–water partition coefficient (Wildman–Crippen LogP) is 1.26. The standard InChI is InChI=1S/C16H19N3O5S/c1-3-24-11-4-6-12(7-5-11)25(22,23)19-9-8-13-14(10-19)18(2)17-15(13)16(20)21/h4-7H,3,8-10H2,1-2H3,(H,20,21). The minimum atomic E-state index is -3.67. The van der Waals surface area contributed by atoms with Gasteiger partial charge in [-0.2, -0.15) is 9.40 Å². The molecule has 1 aromatic heterocycles. The molecule has 0 saturated carbocycles. The monoisotopic (exact) mass is 365 g/mol. The van der Waals surface area contributed by atoms with Crippen molar-refractivity contribution in [2.45, 2.75) is 24.8 Å². The van der Waals surface area contributed by atoms with E-state index in [2.05, 4.69) is 5.10 Å². The van der Waals surface area contributed by atoms with Gasteiger partial charge in [-0.3, -0.25) is 4.68 Å². The topological polar surface area (TPSA) is 102 Å². The second-order valence-electron chi connectivity index (χ2n) is 5.70. The predicted molar refractivity (Wildman–Crippen MR) is 89.1 cm³/mol. The summed E-state index contributed by atoms with van der Waals surface area (Å²) in [5, 5.41) is 13.2. The maximum Gasteiger partial charge on any atom is 0.356 e. The summed E-state index contributed by atoms with van der Waals surface area (Å²) in [6.07, 6.45) is 0.321. The Bertz CT molecular complexity index is 903. The van der Waals surface area contributed by atoms with Crippen molar-refractivity contribution in [1.82, 2.24) is 14.1 Å². The highest BCUT2D eigenvalue weighted by Gasteiger charge is 2.33. The molecule has 0 saturated heterocycles. The molecule has 1 aliphatic heterocycles. The number of aromatic carboxylic acids is 1. The summed E-state index contributed by atoms with van der Waals surface area (Å²) >= 11 is 0. The molecular weight excluding hydrogens is 346 g/mol. The maximum absolute atomic E-state index is 12.9. The van der Waals surface area contributed by atoms with Gasteiger partial charge in [0.1, 0.15) is 5.75 Å². The maximum atomic E-state index is 12.9. The lowest BCUT2D eigenvalue weighted by Gasteiger charge is -2.26. The van der Waals surface area contributed by atoms with Crippen LogP contribution in [0.4, 0.5) is 0 Å². The van der Waals surface area contributed by atoms with Crippen LogP contribution in [0.2, 0.25) is 0 Å². The van der Waals surface area contributed by atoms with Gasteiger partial charge >= 0.3 is 5.97 Å². The zero-order chi connectivity index (χ0) is 18.2. The molecule has 134 valence electrons. The number of sulfonamides is 1. The fraction of sp³-hybridized carbons (Fsp3) is 0.375. The van der Waals surface area contributed by atoms with E-state index in [1.165, 1.54) is 21.1 Å². The highest BCUT2D eigenvalue weighted by atomic mass is 32.2. The Hall–Kier alpha value is -2.39. The Labute approximate surface area is 145 Å². The van der Waals surface area contributed by atoms with E-state index in [1.807, 2.05) is 6.92 Å². The Kier molecular flexibility index (Phi) is 4.53. The first-order valence-electron chi connectivity index (χ1n) is 7.85. The number of ether oxygens (including phenoxy) is 1. The highest BCUT2D eigenvalue weighted by molar-refractivity contribution is 7.89. The third-order valence-corrected chi connectivity index (χ3v) is 6.05. The number of carboxylic acids is 1. The van der Waals surface area contributed by atoms with Gasteiger partial charge < -0.3 is 9.84 Å². The second-order valence-corrected chi connectivity index (χ2v) is 7.63. The molecule has 0 atom stereocenters. The number of hydrogen-bond donors (Lipinski definition) is 1. The number of carbonyl (C=O) groups is 1. The van der Waals surface area contributed by atoms with E-state index < -0.39 is 16.0 Å². The molecule has 1 N–H and O–H groups in total. The quantitative estimate of drug-likeness (QED) is 0.856. The lowest BCUT2D eigenvalue weighted by atomic mass is 10.1. The number of nitrogens with zero attached hydrogens (tertiary/aromatic N) is 3. The summed E-state index contributed by atoms with van der Waals surface area (Å²) in [6.45, 7) is 2.68. The SMILES string of the molecule is CCOc1ccc(S(=O)(=O)N2CCc3c(C(=O)O)nn(C)c3C2)cc1. The number of hydrogen-bond acceptors (Lipinski definition) is 5. The van der Waals surface area contributed by atoms with Gasteiger partial charge in [-0.05, 0) is 37.6 Å². The minimum absolute atomic E-state index is 0.00406. The van der Waals surface area contributed by atoms with Crippen LogP contribution in [0.1, 0.15) is 28.7 Å². The smallest absolute Gasteiger partial charge is 0.356 e. The Morgan fingerprint density at radius 3 is 2.60 bits per heavy atom. The number of aromatic nitrogens is 2. The summed E-state index contributed by atoms with van der Waals surface area (Å²) in [4.78, 5) is 11.4. The lowest BCUT2D eigenvalue weighted by Crippen LogP contribution is -2.36. The molecule has 3 rings (SSSR count). The molecular formula is C16H19N3O5S. The summed E-state index contributed by atoms with van der Waals surface area (Å²) in [7, 11) is -2.05.